The molecule has 2 amide bonds. The standard InChI is InChI=1S/C9H9ClF3N3O3S/c10-6-2-1-5(20(14,18)19)3-7(6)16-8(17)15-4-9(11,12)13/h1-3H,4H2,(H2,14,18,19)(H2,15,16,17). The Bertz CT molecular complexity index is 619. The summed E-state index contributed by atoms with van der Waals surface area (Å²) in [5.41, 5.74) is -0.183. The molecule has 0 aliphatic rings. The number of nitrogens with two attached hydrogens (primary N) is 1. The van der Waals surface area contributed by atoms with Gasteiger partial charge in [-0.1, -0.05) is 11.6 Å². The van der Waals surface area contributed by atoms with Crippen LogP contribution in [0.15, 0.2) is 23.1 Å². The number of hydrogen-bond acceptors (Lipinski definition) is 3. The molecule has 0 saturated heterocycles. The zero-order valence-corrected chi connectivity index (χ0v) is 11.2. The Hall–Kier alpha value is -1.52. The van der Waals surface area contributed by atoms with Crippen LogP contribution in [0.2, 0.25) is 5.02 Å². The van der Waals surface area contributed by atoms with E-state index in [2.05, 4.69) is 0 Å². The molecule has 1 aromatic rings. The maximum absolute atomic E-state index is 11.9. The fourth-order valence-corrected chi connectivity index (χ4v) is 1.83. The maximum Gasteiger partial charge on any atom is 0.405 e. The van der Waals surface area contributed by atoms with Crippen molar-refractivity contribution in [1.82, 2.24) is 5.32 Å². The van der Waals surface area contributed by atoms with Crippen molar-refractivity contribution in [2.45, 2.75) is 11.1 Å². The van der Waals surface area contributed by atoms with Crippen molar-refractivity contribution in [3.05, 3.63) is 23.2 Å². The minimum atomic E-state index is -4.57. The van der Waals surface area contributed by atoms with E-state index in [1.807, 2.05) is 5.32 Å². The predicted molar refractivity (Wildman–Crippen MR) is 65.9 cm³/mol. The normalized spacial score (nSPS) is 12.1. The molecule has 0 heterocycles. The first kappa shape index (κ1) is 16.5. The van der Waals surface area contributed by atoms with Crippen LogP contribution in [-0.2, 0) is 10.0 Å². The molecule has 0 fully saturated rings. The number of anilines is 1. The number of primary sulfonamides is 1. The molecule has 1 aromatic carbocycles. The van der Waals surface area contributed by atoms with Gasteiger partial charge in [0.25, 0.3) is 0 Å². The van der Waals surface area contributed by atoms with Gasteiger partial charge in [-0.25, -0.2) is 18.4 Å². The van der Waals surface area contributed by atoms with Crippen molar-refractivity contribution in [3.8, 4) is 0 Å². The van der Waals surface area contributed by atoms with Gasteiger partial charge >= 0.3 is 12.2 Å². The Kier molecular flexibility index (Phi) is 4.84. The maximum atomic E-state index is 11.9. The number of amides is 2. The van der Waals surface area contributed by atoms with Crippen molar-refractivity contribution in [3.63, 3.8) is 0 Å². The Labute approximate surface area is 117 Å². The highest BCUT2D eigenvalue weighted by atomic mass is 35.5. The molecule has 4 N–H and O–H groups in total. The van der Waals surface area contributed by atoms with Crippen molar-refractivity contribution in [1.29, 1.82) is 0 Å². The molecule has 0 atom stereocenters. The lowest BCUT2D eigenvalue weighted by atomic mass is 10.3. The molecule has 0 unspecified atom stereocenters. The van der Waals surface area contributed by atoms with Gasteiger partial charge in [0, 0.05) is 0 Å². The van der Waals surface area contributed by atoms with Gasteiger partial charge in [0.05, 0.1) is 15.6 Å². The summed E-state index contributed by atoms with van der Waals surface area (Å²) in [6.07, 6.45) is -4.57. The number of carbonyl (C=O) groups is 1. The summed E-state index contributed by atoms with van der Waals surface area (Å²) >= 11 is 5.68. The number of carbonyl (C=O) groups excluding carboxylic acids is 1. The average molecular weight is 332 g/mol. The number of alkyl halides is 3. The molecule has 0 aliphatic carbocycles. The predicted octanol–water partition coefficient (Wildman–Crippen LogP) is 1.67. The first-order valence-electron chi connectivity index (χ1n) is 4.93. The zero-order chi connectivity index (χ0) is 15.6. The van der Waals surface area contributed by atoms with Crippen molar-refractivity contribution in [2.75, 3.05) is 11.9 Å². The highest BCUT2D eigenvalue weighted by Crippen LogP contribution is 2.24. The van der Waals surface area contributed by atoms with Gasteiger partial charge in [-0.05, 0) is 18.2 Å². The SMILES string of the molecule is NS(=O)(=O)c1ccc(Cl)c(NC(=O)NCC(F)(F)F)c1. The Morgan fingerprint density at radius 3 is 2.45 bits per heavy atom. The molecule has 112 valence electrons. The highest BCUT2D eigenvalue weighted by molar-refractivity contribution is 7.89. The Balaban J connectivity index is 2.85. The molecule has 1 rings (SSSR count). The highest BCUT2D eigenvalue weighted by Gasteiger charge is 2.27. The summed E-state index contributed by atoms with van der Waals surface area (Å²) in [5, 5.41) is 8.35. The van der Waals surface area contributed by atoms with Crippen LogP contribution in [0.5, 0.6) is 0 Å². The largest absolute Gasteiger partial charge is 0.405 e. The number of nitrogens with one attached hydrogen (secondary N) is 2. The molecule has 11 heteroatoms. The van der Waals surface area contributed by atoms with E-state index in [-0.39, 0.29) is 15.6 Å². The lowest BCUT2D eigenvalue weighted by molar-refractivity contribution is -0.122. The third-order valence-corrected chi connectivity index (χ3v) is 3.20. The van der Waals surface area contributed by atoms with Gasteiger partial charge in [-0.3, -0.25) is 0 Å². The number of halogens is 4. The molecule has 0 radical (unpaired) electrons. The molecule has 20 heavy (non-hydrogen) atoms. The van der Waals surface area contributed by atoms with Gasteiger partial charge in [0.2, 0.25) is 10.0 Å². The smallest absolute Gasteiger partial charge is 0.329 e. The summed E-state index contributed by atoms with van der Waals surface area (Å²) in [4.78, 5) is 10.9. The van der Waals surface area contributed by atoms with Crippen LogP contribution < -0.4 is 15.8 Å². The van der Waals surface area contributed by atoms with Crippen molar-refractivity contribution < 1.29 is 26.4 Å². The van der Waals surface area contributed by atoms with E-state index >= 15 is 0 Å². The second-order valence-electron chi connectivity index (χ2n) is 3.61. The Morgan fingerprint density at radius 1 is 1.35 bits per heavy atom. The molecule has 0 aromatic heterocycles. The van der Waals surface area contributed by atoms with Gasteiger partial charge in [-0.15, -0.1) is 0 Å². The third kappa shape index (κ3) is 5.23. The number of sulfonamides is 1. The van der Waals surface area contributed by atoms with E-state index in [0.717, 1.165) is 18.2 Å². The van der Waals surface area contributed by atoms with Crippen LogP contribution in [0.4, 0.5) is 23.7 Å². The summed E-state index contributed by atoms with van der Waals surface area (Å²) in [6, 6.07) is 1.98. The number of rotatable bonds is 3. The second kappa shape index (κ2) is 5.85. The van der Waals surface area contributed by atoms with Crippen LogP contribution in [0, 0.1) is 0 Å². The molecule has 6 nitrogen and oxygen atoms in total. The van der Waals surface area contributed by atoms with Crippen molar-refractivity contribution >= 4 is 33.3 Å². The van der Waals surface area contributed by atoms with E-state index in [4.69, 9.17) is 16.7 Å². The number of benzene rings is 1. The van der Waals surface area contributed by atoms with E-state index in [0.29, 0.717) is 0 Å². The Morgan fingerprint density at radius 2 is 1.95 bits per heavy atom. The second-order valence-corrected chi connectivity index (χ2v) is 5.58. The fraction of sp³-hybridized carbons (Fsp3) is 0.222. The van der Waals surface area contributed by atoms with Gasteiger partial charge < -0.3 is 10.6 Å². The van der Waals surface area contributed by atoms with E-state index in [1.165, 1.54) is 0 Å². The number of hydrogen-bond donors (Lipinski definition) is 3. The molecule has 0 aliphatic heterocycles. The quantitative estimate of drug-likeness (QED) is 0.785. The van der Waals surface area contributed by atoms with E-state index in [9.17, 15) is 26.4 Å². The monoisotopic (exact) mass is 331 g/mol. The molecular formula is C9H9ClF3N3O3S. The third-order valence-electron chi connectivity index (χ3n) is 1.96. The first-order chi connectivity index (χ1) is 8.99. The van der Waals surface area contributed by atoms with Crippen LogP contribution in [0.3, 0.4) is 0 Å². The summed E-state index contributed by atoms with van der Waals surface area (Å²) in [6.45, 7) is -1.54. The van der Waals surface area contributed by atoms with Crippen LogP contribution in [0.1, 0.15) is 0 Å². The van der Waals surface area contributed by atoms with Crippen LogP contribution >= 0.6 is 11.6 Å². The lowest BCUT2D eigenvalue weighted by Gasteiger charge is -2.11. The molecular weight excluding hydrogens is 323 g/mol. The summed E-state index contributed by atoms with van der Waals surface area (Å²) in [5.74, 6) is 0. The average Bonchev–Trinajstić information content (AvgIpc) is 2.27. The topological polar surface area (TPSA) is 101 Å². The van der Waals surface area contributed by atoms with Gasteiger partial charge in [-0.2, -0.15) is 13.2 Å². The first-order valence-corrected chi connectivity index (χ1v) is 6.85. The molecule has 0 saturated carbocycles. The van der Waals surface area contributed by atoms with E-state index < -0.39 is 28.8 Å². The van der Waals surface area contributed by atoms with Gasteiger partial charge in [0.15, 0.2) is 0 Å². The fourth-order valence-electron chi connectivity index (χ4n) is 1.12. The minimum absolute atomic E-state index is 0.0560. The number of urea groups is 1. The van der Waals surface area contributed by atoms with Gasteiger partial charge in [0.1, 0.15) is 6.54 Å². The lowest BCUT2D eigenvalue weighted by Crippen LogP contribution is -2.36. The molecule has 0 bridgehead atoms. The zero-order valence-electron chi connectivity index (χ0n) is 9.66. The van der Waals surface area contributed by atoms with Crippen LogP contribution in [0.25, 0.3) is 0 Å². The minimum Gasteiger partial charge on any atom is -0.329 e. The van der Waals surface area contributed by atoms with Crippen molar-refractivity contribution in [2.24, 2.45) is 5.14 Å². The summed E-state index contributed by atoms with van der Waals surface area (Å²) in [7, 11) is -4.02. The van der Waals surface area contributed by atoms with E-state index in [1.54, 1.807) is 5.32 Å². The molecule has 0 spiro atoms. The summed E-state index contributed by atoms with van der Waals surface area (Å²) < 4.78 is 57.9. The van der Waals surface area contributed by atoms with Crippen LogP contribution in [-0.4, -0.2) is 27.2 Å².